The van der Waals surface area contributed by atoms with Crippen LogP contribution in [-0.2, 0) is 22.4 Å². The molecule has 2 heterocycles. The molecule has 6 rings (SSSR count). The standard InChI is InChI=1S/C31H29N3O4S3/c1-38-30(36)28-21-11-2-5-14-24(21)41-29(28)33-27(35)18-39-20-10-8-9-19(17-20)32-31(37)34-22-12-3-6-15-25(22)40-26-16-7-4-13-23(26)34/h3-4,6-10,12-13,15-17,22,25H,2,5,11,14,18H2,1H3,(H,32,37)(H,33,35). The van der Waals surface area contributed by atoms with Crippen molar-refractivity contribution in [3.05, 3.63) is 88.8 Å². The van der Waals surface area contributed by atoms with Crippen LogP contribution in [0.1, 0.15) is 33.6 Å². The molecular formula is C31H29N3O4S3. The van der Waals surface area contributed by atoms with Gasteiger partial charge in [-0.15, -0.1) is 34.9 Å². The number of aryl methyl sites for hydroxylation is 1. The number of esters is 1. The van der Waals surface area contributed by atoms with Gasteiger partial charge in [-0.1, -0.05) is 42.5 Å². The first-order valence-corrected chi connectivity index (χ1v) is 16.2. The number of carbonyl (C=O) groups is 3. The number of nitrogens with one attached hydrogen (secondary N) is 2. The summed E-state index contributed by atoms with van der Waals surface area (Å²) in [7, 11) is 1.37. The summed E-state index contributed by atoms with van der Waals surface area (Å²) >= 11 is 4.62. The molecule has 0 spiro atoms. The maximum atomic E-state index is 13.6. The van der Waals surface area contributed by atoms with Crippen LogP contribution in [0.5, 0.6) is 0 Å². The molecular weight excluding hydrogens is 575 g/mol. The summed E-state index contributed by atoms with van der Waals surface area (Å²) in [5.74, 6) is -0.436. The largest absolute Gasteiger partial charge is 0.465 e. The number of para-hydroxylation sites is 1. The first kappa shape index (κ1) is 27.7. The fourth-order valence-corrected chi connectivity index (χ4v) is 8.66. The molecule has 1 aromatic heterocycles. The average Bonchev–Trinajstić information content (AvgIpc) is 3.36. The molecule has 0 radical (unpaired) electrons. The number of thiophene rings is 1. The highest BCUT2D eigenvalue weighted by Crippen LogP contribution is 2.44. The molecule has 2 unspecified atom stereocenters. The number of ether oxygens (including phenoxy) is 1. The molecule has 210 valence electrons. The number of methoxy groups -OCH3 is 1. The maximum Gasteiger partial charge on any atom is 0.341 e. The maximum absolute atomic E-state index is 13.6. The van der Waals surface area contributed by atoms with Crippen LogP contribution in [0, 0.1) is 0 Å². The van der Waals surface area contributed by atoms with E-state index < -0.39 is 5.97 Å². The summed E-state index contributed by atoms with van der Waals surface area (Å²) in [6.07, 6.45) is 12.1. The number of urea groups is 1. The lowest BCUT2D eigenvalue weighted by atomic mass is 9.95. The number of fused-ring (bicyclic) bond motifs is 3. The molecule has 0 saturated carbocycles. The lowest BCUT2D eigenvalue weighted by Crippen LogP contribution is -2.49. The van der Waals surface area contributed by atoms with Crippen molar-refractivity contribution in [1.82, 2.24) is 0 Å². The normalized spacial score (nSPS) is 18.6. The molecule has 2 atom stereocenters. The summed E-state index contributed by atoms with van der Waals surface area (Å²) in [6, 6.07) is 15.2. The van der Waals surface area contributed by atoms with Gasteiger partial charge in [0.1, 0.15) is 5.00 Å². The zero-order valence-corrected chi connectivity index (χ0v) is 24.9. The zero-order chi connectivity index (χ0) is 28.3. The molecule has 3 aromatic rings. The smallest absolute Gasteiger partial charge is 0.341 e. The molecule has 3 aliphatic rings. The van der Waals surface area contributed by atoms with Crippen LogP contribution in [0.4, 0.5) is 21.2 Å². The lowest BCUT2D eigenvalue weighted by molar-refractivity contribution is -0.113. The number of anilines is 3. The third-order valence-electron chi connectivity index (χ3n) is 7.23. The van der Waals surface area contributed by atoms with Crippen molar-refractivity contribution in [2.45, 2.75) is 46.8 Å². The van der Waals surface area contributed by atoms with Crippen LogP contribution in [0.3, 0.4) is 0 Å². The first-order chi connectivity index (χ1) is 20.0. The summed E-state index contributed by atoms with van der Waals surface area (Å²) in [4.78, 5) is 43.9. The number of carbonyl (C=O) groups excluding carboxylic acids is 3. The highest BCUT2D eigenvalue weighted by molar-refractivity contribution is 8.00. The lowest BCUT2D eigenvalue weighted by Gasteiger charge is -2.40. The minimum absolute atomic E-state index is 0.0843. The number of amides is 3. The average molecular weight is 604 g/mol. The van der Waals surface area contributed by atoms with Crippen LogP contribution in [0.15, 0.2) is 82.6 Å². The van der Waals surface area contributed by atoms with E-state index >= 15 is 0 Å². The number of rotatable bonds is 6. The summed E-state index contributed by atoms with van der Waals surface area (Å²) in [5, 5.41) is 6.73. The van der Waals surface area contributed by atoms with Gasteiger partial charge in [-0.2, -0.15) is 0 Å². The van der Waals surface area contributed by atoms with Crippen molar-refractivity contribution in [1.29, 1.82) is 0 Å². The predicted molar refractivity (Wildman–Crippen MR) is 168 cm³/mol. The molecule has 2 aromatic carbocycles. The Balaban J connectivity index is 1.12. The van der Waals surface area contributed by atoms with E-state index in [2.05, 4.69) is 22.8 Å². The Morgan fingerprint density at radius 3 is 2.73 bits per heavy atom. The van der Waals surface area contributed by atoms with Gasteiger partial charge in [0.05, 0.1) is 35.4 Å². The van der Waals surface area contributed by atoms with Gasteiger partial charge in [0, 0.05) is 20.4 Å². The summed E-state index contributed by atoms with van der Waals surface area (Å²) < 4.78 is 5.01. The number of hydrogen-bond donors (Lipinski definition) is 2. The molecule has 2 N–H and O–H groups in total. The summed E-state index contributed by atoms with van der Waals surface area (Å²) in [5.41, 5.74) is 3.06. The Morgan fingerprint density at radius 1 is 1.02 bits per heavy atom. The van der Waals surface area contributed by atoms with Crippen molar-refractivity contribution in [2.75, 3.05) is 28.4 Å². The Kier molecular flexibility index (Phi) is 8.23. The molecule has 7 nitrogen and oxygen atoms in total. The third kappa shape index (κ3) is 5.82. The van der Waals surface area contributed by atoms with E-state index in [0.717, 1.165) is 51.6 Å². The fraction of sp³-hybridized carbons (Fsp3) is 0.258. The Hall–Kier alpha value is -3.47. The van der Waals surface area contributed by atoms with Crippen LogP contribution < -0.4 is 15.5 Å². The highest BCUT2D eigenvalue weighted by atomic mass is 32.2. The van der Waals surface area contributed by atoms with Crippen molar-refractivity contribution < 1.29 is 19.1 Å². The van der Waals surface area contributed by atoms with Gasteiger partial charge in [-0.3, -0.25) is 9.69 Å². The second-order valence-corrected chi connectivity index (χ2v) is 13.3. The second kappa shape index (κ2) is 12.2. The van der Waals surface area contributed by atoms with Crippen LogP contribution in [0.2, 0.25) is 0 Å². The Morgan fingerprint density at radius 2 is 1.85 bits per heavy atom. The van der Waals surface area contributed by atoms with Gasteiger partial charge in [0.2, 0.25) is 5.91 Å². The van der Waals surface area contributed by atoms with Crippen molar-refractivity contribution in [2.24, 2.45) is 0 Å². The van der Waals surface area contributed by atoms with E-state index in [-0.39, 0.29) is 29.0 Å². The fourth-order valence-electron chi connectivity index (χ4n) is 5.36. The van der Waals surface area contributed by atoms with Crippen LogP contribution in [-0.4, -0.2) is 42.1 Å². The molecule has 2 aliphatic carbocycles. The minimum atomic E-state index is -0.406. The molecule has 41 heavy (non-hydrogen) atoms. The van der Waals surface area contributed by atoms with Crippen molar-refractivity contribution in [3.8, 4) is 0 Å². The van der Waals surface area contributed by atoms with Gasteiger partial charge in [0.25, 0.3) is 0 Å². The quantitative estimate of drug-likeness (QED) is 0.230. The monoisotopic (exact) mass is 603 g/mol. The number of allylic oxidation sites excluding steroid dienone is 2. The van der Waals surface area contributed by atoms with Crippen LogP contribution >= 0.6 is 34.9 Å². The van der Waals surface area contributed by atoms with E-state index in [9.17, 15) is 14.4 Å². The van der Waals surface area contributed by atoms with Gasteiger partial charge < -0.3 is 15.4 Å². The van der Waals surface area contributed by atoms with Crippen molar-refractivity contribution in [3.63, 3.8) is 0 Å². The number of thioether (sulfide) groups is 2. The molecule has 0 fully saturated rings. The third-order valence-corrected chi connectivity index (χ3v) is 10.7. The van der Waals surface area contributed by atoms with Gasteiger partial charge in [-0.05, 0) is 61.6 Å². The summed E-state index contributed by atoms with van der Waals surface area (Å²) in [6.45, 7) is 0. The Labute approximate surface area is 251 Å². The zero-order valence-electron chi connectivity index (χ0n) is 22.4. The highest BCUT2D eigenvalue weighted by Gasteiger charge is 2.36. The number of nitrogens with zero attached hydrogens (tertiary/aromatic N) is 1. The molecule has 0 bridgehead atoms. The second-order valence-electron chi connectivity index (χ2n) is 9.88. The molecule has 10 heteroatoms. The minimum Gasteiger partial charge on any atom is -0.465 e. The Bertz CT molecular complexity index is 1560. The van der Waals surface area contributed by atoms with Gasteiger partial charge >= 0.3 is 12.0 Å². The number of hydrogen-bond acceptors (Lipinski definition) is 7. The van der Waals surface area contributed by atoms with Gasteiger partial charge in [-0.25, -0.2) is 9.59 Å². The number of benzene rings is 2. The molecule has 3 amide bonds. The van der Waals surface area contributed by atoms with Gasteiger partial charge in [0.15, 0.2) is 0 Å². The van der Waals surface area contributed by atoms with E-state index in [0.29, 0.717) is 16.3 Å². The van der Waals surface area contributed by atoms with Crippen LogP contribution in [0.25, 0.3) is 0 Å². The SMILES string of the molecule is COC(=O)c1c(NC(=O)CSc2cccc(NC(=O)N3c4ccccc4SC4C=CC=CC43)c2)sc2c1CCCC2. The van der Waals surface area contributed by atoms with E-state index in [4.69, 9.17) is 4.74 Å². The molecule has 0 saturated heterocycles. The topological polar surface area (TPSA) is 87.7 Å². The predicted octanol–water partition coefficient (Wildman–Crippen LogP) is 7.15. The molecule has 1 aliphatic heterocycles. The first-order valence-electron chi connectivity index (χ1n) is 13.5. The van der Waals surface area contributed by atoms with E-state index in [1.807, 2.05) is 65.6 Å². The van der Waals surface area contributed by atoms with E-state index in [1.165, 1.54) is 30.2 Å². The van der Waals surface area contributed by atoms with E-state index in [1.54, 1.807) is 11.8 Å². The van der Waals surface area contributed by atoms with Crippen molar-refractivity contribution >= 4 is 69.1 Å².